The Morgan fingerprint density at radius 3 is 2.73 bits per heavy atom. The molecule has 4 atom stereocenters. The molecule has 0 amide bonds. The van der Waals surface area contributed by atoms with E-state index in [9.17, 15) is 15.0 Å². The fourth-order valence-corrected chi connectivity index (χ4v) is 5.55. The molecule has 0 radical (unpaired) electrons. The molecule has 0 aromatic carbocycles. The number of aryl methyl sites for hydroxylation is 2. The Morgan fingerprint density at radius 2 is 2.00 bits per heavy atom. The molecule has 0 saturated heterocycles. The smallest absolute Gasteiger partial charge is 0.317 e. The molecule has 3 aromatic heterocycles. The highest BCUT2D eigenvalue weighted by Crippen LogP contribution is 2.48. The highest BCUT2D eigenvalue weighted by Gasteiger charge is 2.47. The van der Waals surface area contributed by atoms with Gasteiger partial charge < -0.3 is 19.7 Å². The van der Waals surface area contributed by atoms with Crippen LogP contribution in [-0.4, -0.2) is 52.2 Å². The van der Waals surface area contributed by atoms with E-state index in [4.69, 9.17) is 14.5 Å². The Hall–Kier alpha value is -3.60. The summed E-state index contributed by atoms with van der Waals surface area (Å²) in [6, 6.07) is 5.52. The van der Waals surface area contributed by atoms with Gasteiger partial charge in [0.2, 0.25) is 0 Å². The fourth-order valence-electron chi connectivity index (χ4n) is 5.55. The molecule has 11 heteroatoms. The summed E-state index contributed by atoms with van der Waals surface area (Å²) in [4.78, 5) is 24.7. The van der Waals surface area contributed by atoms with Gasteiger partial charge in [-0.2, -0.15) is 4.98 Å². The SMILES string of the molecule is Cc1nc(-c2nnn(C)c2COc2nccc(C(C)(C)O)n2)ccc1O[C@H]1C[C@@H]2CC[C@H](C(=O)O)[C@@H]2C1. The standard InChI is InChI=1S/C26H32N6O5/c1-14-21(37-16-11-15-5-6-17(24(33)34)18(15)12-16)8-7-19(28-14)23-20(32(4)31-30-23)13-36-25-27-10-9-22(29-25)26(2,3)35/h7-10,15-18,35H,5-6,11-13H2,1-4H3,(H,33,34)/t15-,16-,17-,18+/m0/s1. The first-order valence-electron chi connectivity index (χ1n) is 12.5. The van der Waals surface area contributed by atoms with Crippen molar-refractivity contribution < 1.29 is 24.5 Å². The van der Waals surface area contributed by atoms with Gasteiger partial charge in [-0.25, -0.2) is 14.6 Å². The van der Waals surface area contributed by atoms with Gasteiger partial charge in [0.1, 0.15) is 29.3 Å². The summed E-state index contributed by atoms with van der Waals surface area (Å²) in [6.45, 7) is 5.30. The van der Waals surface area contributed by atoms with Crippen LogP contribution in [0.1, 0.15) is 56.6 Å². The number of rotatable bonds is 8. The lowest BCUT2D eigenvalue weighted by Crippen LogP contribution is -2.21. The Morgan fingerprint density at radius 1 is 1.19 bits per heavy atom. The molecule has 3 heterocycles. The number of aliphatic hydroxyl groups is 1. The first-order valence-corrected chi connectivity index (χ1v) is 12.5. The van der Waals surface area contributed by atoms with Gasteiger partial charge in [0.25, 0.3) is 0 Å². The number of pyridine rings is 1. The molecule has 2 fully saturated rings. The highest BCUT2D eigenvalue weighted by molar-refractivity contribution is 5.71. The summed E-state index contributed by atoms with van der Waals surface area (Å²) in [5.41, 5.74) is 1.98. The van der Waals surface area contributed by atoms with Crippen LogP contribution < -0.4 is 9.47 Å². The Bertz CT molecular complexity index is 1300. The molecular formula is C26H32N6O5. The maximum atomic E-state index is 11.6. The lowest BCUT2D eigenvalue weighted by atomic mass is 9.92. The lowest BCUT2D eigenvalue weighted by Gasteiger charge is -2.18. The number of carboxylic acid groups (broad SMARTS) is 1. The molecule has 37 heavy (non-hydrogen) atoms. The van der Waals surface area contributed by atoms with Gasteiger partial charge >= 0.3 is 12.0 Å². The zero-order chi connectivity index (χ0) is 26.3. The first-order chi connectivity index (χ1) is 17.6. The monoisotopic (exact) mass is 508 g/mol. The first kappa shape index (κ1) is 25.1. The van der Waals surface area contributed by atoms with Crippen molar-refractivity contribution in [1.29, 1.82) is 0 Å². The second-order valence-electron chi connectivity index (χ2n) is 10.5. The van der Waals surface area contributed by atoms with Crippen LogP contribution in [0.15, 0.2) is 24.4 Å². The number of aromatic nitrogens is 6. The number of hydrogen-bond acceptors (Lipinski definition) is 9. The molecule has 5 rings (SSSR count). The van der Waals surface area contributed by atoms with E-state index in [2.05, 4.69) is 20.3 Å². The van der Waals surface area contributed by atoms with Crippen molar-refractivity contribution in [2.75, 3.05) is 0 Å². The number of carbonyl (C=O) groups is 1. The second kappa shape index (κ2) is 9.70. The van der Waals surface area contributed by atoms with E-state index < -0.39 is 11.6 Å². The van der Waals surface area contributed by atoms with Crippen LogP contribution in [0.5, 0.6) is 11.8 Å². The van der Waals surface area contributed by atoms with E-state index in [1.54, 1.807) is 37.8 Å². The van der Waals surface area contributed by atoms with Gasteiger partial charge in [0.15, 0.2) is 0 Å². The Balaban J connectivity index is 1.28. The number of nitrogens with zero attached hydrogens (tertiary/aromatic N) is 6. The van der Waals surface area contributed by atoms with Crippen molar-refractivity contribution in [2.24, 2.45) is 24.8 Å². The van der Waals surface area contributed by atoms with Crippen LogP contribution in [-0.2, 0) is 24.1 Å². The van der Waals surface area contributed by atoms with Crippen LogP contribution in [0.3, 0.4) is 0 Å². The van der Waals surface area contributed by atoms with Crippen molar-refractivity contribution in [3.63, 3.8) is 0 Å². The number of hydrogen-bond donors (Lipinski definition) is 2. The van der Waals surface area contributed by atoms with E-state index >= 15 is 0 Å². The molecule has 2 aliphatic rings. The Kier molecular flexibility index (Phi) is 6.57. The van der Waals surface area contributed by atoms with Gasteiger partial charge in [-0.15, -0.1) is 5.10 Å². The average Bonchev–Trinajstić information content (AvgIpc) is 3.52. The average molecular weight is 509 g/mol. The Labute approximate surface area is 214 Å². The zero-order valence-corrected chi connectivity index (χ0v) is 21.5. The van der Waals surface area contributed by atoms with Gasteiger partial charge in [0.05, 0.1) is 29.1 Å². The topological polar surface area (TPSA) is 145 Å². The summed E-state index contributed by atoms with van der Waals surface area (Å²) < 4.78 is 13.7. The summed E-state index contributed by atoms with van der Waals surface area (Å²) in [5.74, 6) is 0.384. The predicted octanol–water partition coefficient (Wildman–Crippen LogP) is 3.05. The van der Waals surface area contributed by atoms with Crippen LogP contribution in [0, 0.1) is 24.7 Å². The molecule has 2 aliphatic carbocycles. The maximum absolute atomic E-state index is 11.6. The maximum Gasteiger partial charge on any atom is 0.317 e. The van der Waals surface area contributed by atoms with Crippen LogP contribution in [0.2, 0.25) is 0 Å². The third-order valence-corrected chi connectivity index (χ3v) is 7.50. The largest absolute Gasteiger partial charge is 0.489 e. The van der Waals surface area contributed by atoms with Crippen LogP contribution in [0.25, 0.3) is 11.4 Å². The molecule has 3 aromatic rings. The summed E-state index contributed by atoms with van der Waals surface area (Å²) in [6.07, 6.45) is 4.93. The molecule has 196 valence electrons. The highest BCUT2D eigenvalue weighted by atomic mass is 16.5. The summed E-state index contributed by atoms with van der Waals surface area (Å²) in [7, 11) is 1.77. The van der Waals surface area contributed by atoms with E-state index in [1.807, 2.05) is 19.1 Å². The van der Waals surface area contributed by atoms with Gasteiger partial charge in [-0.1, -0.05) is 5.21 Å². The van der Waals surface area contributed by atoms with Gasteiger partial charge in [-0.3, -0.25) is 4.79 Å². The van der Waals surface area contributed by atoms with Crippen molar-refractivity contribution in [2.45, 2.75) is 64.8 Å². The number of ether oxygens (including phenoxy) is 2. The molecule has 2 N–H and O–H groups in total. The third kappa shape index (κ3) is 5.13. The molecule has 0 bridgehead atoms. The van der Waals surface area contributed by atoms with Gasteiger partial charge in [0, 0.05) is 13.2 Å². The minimum absolute atomic E-state index is 0.00337. The van der Waals surface area contributed by atoms with Crippen LogP contribution in [0.4, 0.5) is 0 Å². The van der Waals surface area contributed by atoms with Crippen molar-refractivity contribution in [3.05, 3.63) is 41.5 Å². The molecule has 11 nitrogen and oxygen atoms in total. The van der Waals surface area contributed by atoms with E-state index in [1.165, 1.54) is 0 Å². The lowest BCUT2D eigenvalue weighted by molar-refractivity contribution is -0.143. The molecule has 0 unspecified atom stereocenters. The summed E-state index contributed by atoms with van der Waals surface area (Å²) >= 11 is 0. The van der Waals surface area contributed by atoms with Gasteiger partial charge in [-0.05, 0) is 76.5 Å². The molecule has 0 spiro atoms. The minimum atomic E-state index is -1.11. The van der Waals surface area contributed by atoms with Crippen molar-refractivity contribution >= 4 is 5.97 Å². The molecule has 0 aliphatic heterocycles. The van der Waals surface area contributed by atoms with E-state index in [0.29, 0.717) is 34.4 Å². The normalized spacial score (nSPS) is 23.2. The fraction of sp³-hybridized carbons (Fsp3) is 0.538. The zero-order valence-electron chi connectivity index (χ0n) is 21.5. The van der Waals surface area contributed by atoms with Crippen LogP contribution >= 0.6 is 0 Å². The summed E-state index contributed by atoms with van der Waals surface area (Å²) in [5, 5.41) is 28.1. The number of fused-ring (bicyclic) bond motifs is 1. The predicted molar refractivity (Wildman–Crippen MR) is 132 cm³/mol. The van der Waals surface area contributed by atoms with E-state index in [-0.39, 0.29) is 30.6 Å². The molecule has 2 saturated carbocycles. The van der Waals surface area contributed by atoms with Crippen molar-refractivity contribution in [3.8, 4) is 23.1 Å². The third-order valence-electron chi connectivity index (χ3n) is 7.50. The quantitative estimate of drug-likeness (QED) is 0.465. The van der Waals surface area contributed by atoms with E-state index in [0.717, 1.165) is 31.4 Å². The van der Waals surface area contributed by atoms with Crippen molar-refractivity contribution in [1.82, 2.24) is 29.9 Å². The minimum Gasteiger partial charge on any atom is -0.489 e. The number of aliphatic carboxylic acids is 1. The number of carboxylic acids is 1. The second-order valence-corrected chi connectivity index (χ2v) is 10.5. The molecular weight excluding hydrogens is 476 g/mol.